The minimum atomic E-state index is -3.76. The lowest BCUT2D eigenvalue weighted by Gasteiger charge is -2.13. The van der Waals surface area contributed by atoms with Gasteiger partial charge in [0.15, 0.2) is 5.11 Å². The van der Waals surface area contributed by atoms with Crippen molar-refractivity contribution in [1.82, 2.24) is 0 Å². The summed E-state index contributed by atoms with van der Waals surface area (Å²) in [5.41, 5.74) is 2.84. The molecule has 150 valence electrons. The van der Waals surface area contributed by atoms with Crippen molar-refractivity contribution in [2.24, 2.45) is 0 Å². The normalized spacial score (nSPS) is 10.8. The zero-order valence-corrected chi connectivity index (χ0v) is 17.6. The number of methoxy groups -OCH3 is 1. The molecule has 0 aliphatic rings. The Balaban J connectivity index is 1.70. The highest BCUT2D eigenvalue weighted by Crippen LogP contribution is 2.28. The number of rotatable bonds is 6. The van der Waals surface area contributed by atoms with Crippen LogP contribution in [-0.4, -0.2) is 20.6 Å². The fraction of sp³-hybridized carbons (Fsp3) is 0.0952. The largest absolute Gasteiger partial charge is 0.495 e. The first kappa shape index (κ1) is 20.6. The number of anilines is 3. The number of para-hydroxylation sites is 1. The fourth-order valence-corrected chi connectivity index (χ4v) is 3.93. The standard InChI is InChI=1S/C21H21N3O3S2/c1-15-8-13-20(27-2)19(14-15)24-29(25,26)18-11-9-17(10-12-18)23-21(28)22-16-6-4-3-5-7-16/h3-14,24H,1-2H3,(H2,22,23,28). The molecule has 0 aliphatic heterocycles. The monoisotopic (exact) mass is 427 g/mol. The summed E-state index contributed by atoms with van der Waals surface area (Å²) in [5, 5.41) is 6.50. The van der Waals surface area contributed by atoms with Crippen LogP contribution >= 0.6 is 12.2 Å². The predicted octanol–water partition coefficient (Wildman–Crippen LogP) is 4.61. The highest BCUT2D eigenvalue weighted by atomic mass is 32.2. The second kappa shape index (κ2) is 8.93. The maximum Gasteiger partial charge on any atom is 0.262 e. The van der Waals surface area contributed by atoms with E-state index in [9.17, 15) is 8.42 Å². The highest BCUT2D eigenvalue weighted by molar-refractivity contribution is 7.92. The lowest BCUT2D eigenvalue weighted by Crippen LogP contribution is -2.19. The van der Waals surface area contributed by atoms with Crippen molar-refractivity contribution in [3.05, 3.63) is 78.4 Å². The van der Waals surface area contributed by atoms with E-state index < -0.39 is 10.0 Å². The number of thiocarbonyl (C=S) groups is 1. The van der Waals surface area contributed by atoms with E-state index in [0.717, 1.165) is 11.3 Å². The van der Waals surface area contributed by atoms with E-state index in [0.29, 0.717) is 22.2 Å². The molecule has 0 heterocycles. The van der Waals surface area contributed by atoms with E-state index in [1.807, 2.05) is 43.3 Å². The number of benzene rings is 3. The minimum absolute atomic E-state index is 0.133. The van der Waals surface area contributed by atoms with Crippen molar-refractivity contribution in [2.75, 3.05) is 22.5 Å². The van der Waals surface area contributed by atoms with Crippen molar-refractivity contribution in [3.63, 3.8) is 0 Å². The summed E-state index contributed by atoms with van der Waals surface area (Å²) in [6.07, 6.45) is 0. The Morgan fingerprint density at radius 1 is 0.897 bits per heavy atom. The number of aryl methyl sites for hydroxylation is 1. The third-order valence-corrected chi connectivity index (χ3v) is 5.64. The average Bonchev–Trinajstić information content (AvgIpc) is 2.69. The molecule has 0 saturated carbocycles. The third-order valence-electron chi connectivity index (χ3n) is 4.05. The van der Waals surface area contributed by atoms with Gasteiger partial charge in [0.2, 0.25) is 0 Å². The topological polar surface area (TPSA) is 79.5 Å². The number of hydrogen-bond donors (Lipinski definition) is 3. The summed E-state index contributed by atoms with van der Waals surface area (Å²) in [5.74, 6) is 0.454. The van der Waals surface area contributed by atoms with Crippen molar-refractivity contribution >= 4 is 44.4 Å². The van der Waals surface area contributed by atoms with Crippen LogP contribution in [0.4, 0.5) is 17.1 Å². The van der Waals surface area contributed by atoms with Gasteiger partial charge in [-0.2, -0.15) is 0 Å². The van der Waals surface area contributed by atoms with E-state index in [1.54, 1.807) is 24.3 Å². The lowest BCUT2D eigenvalue weighted by atomic mass is 10.2. The van der Waals surface area contributed by atoms with Crippen molar-refractivity contribution in [2.45, 2.75) is 11.8 Å². The summed E-state index contributed by atoms with van der Waals surface area (Å²) in [7, 11) is -2.27. The minimum Gasteiger partial charge on any atom is -0.495 e. The first-order valence-electron chi connectivity index (χ1n) is 8.78. The molecule has 29 heavy (non-hydrogen) atoms. The Hall–Kier alpha value is -3.10. The van der Waals surface area contributed by atoms with Gasteiger partial charge in [0, 0.05) is 11.4 Å². The van der Waals surface area contributed by atoms with E-state index >= 15 is 0 Å². The first-order valence-corrected chi connectivity index (χ1v) is 10.7. The number of nitrogens with one attached hydrogen (secondary N) is 3. The smallest absolute Gasteiger partial charge is 0.262 e. The zero-order valence-electron chi connectivity index (χ0n) is 16.0. The molecule has 0 saturated heterocycles. The molecule has 3 N–H and O–H groups in total. The van der Waals surface area contributed by atoms with Crippen LogP contribution < -0.4 is 20.1 Å². The molecular formula is C21H21N3O3S2. The van der Waals surface area contributed by atoms with Gasteiger partial charge < -0.3 is 15.4 Å². The summed E-state index contributed by atoms with van der Waals surface area (Å²) in [4.78, 5) is 0.133. The van der Waals surface area contributed by atoms with Gasteiger partial charge in [-0.1, -0.05) is 24.3 Å². The summed E-state index contributed by atoms with van der Waals surface area (Å²) < 4.78 is 33.3. The Labute approximate surface area is 176 Å². The molecule has 0 unspecified atom stereocenters. The Morgan fingerprint density at radius 3 is 2.14 bits per heavy atom. The van der Waals surface area contributed by atoms with E-state index in [4.69, 9.17) is 17.0 Å². The third kappa shape index (κ3) is 5.46. The highest BCUT2D eigenvalue weighted by Gasteiger charge is 2.16. The molecule has 0 bridgehead atoms. The average molecular weight is 428 g/mol. The molecule has 0 radical (unpaired) electrons. The van der Waals surface area contributed by atoms with Crippen molar-refractivity contribution in [3.8, 4) is 5.75 Å². The van der Waals surface area contributed by atoms with E-state index in [2.05, 4.69) is 15.4 Å². The second-order valence-electron chi connectivity index (χ2n) is 6.28. The molecule has 0 fully saturated rings. The van der Waals surface area contributed by atoms with E-state index in [1.165, 1.54) is 19.2 Å². The molecule has 0 spiro atoms. The Kier molecular flexibility index (Phi) is 6.36. The summed E-state index contributed by atoms with van der Waals surface area (Å²) >= 11 is 5.28. The van der Waals surface area contributed by atoms with Crippen LogP contribution in [0.3, 0.4) is 0 Å². The van der Waals surface area contributed by atoms with Crippen LogP contribution in [0.15, 0.2) is 77.7 Å². The molecule has 3 rings (SSSR count). The van der Waals surface area contributed by atoms with E-state index in [-0.39, 0.29) is 4.90 Å². The molecule has 0 amide bonds. The van der Waals surface area contributed by atoms with Crippen LogP contribution in [0.25, 0.3) is 0 Å². The summed E-state index contributed by atoms with van der Waals surface area (Å²) in [6.45, 7) is 1.88. The quantitative estimate of drug-likeness (QED) is 0.499. The molecule has 0 atom stereocenters. The second-order valence-corrected chi connectivity index (χ2v) is 8.37. The SMILES string of the molecule is COc1ccc(C)cc1NS(=O)(=O)c1ccc(NC(=S)Nc2ccccc2)cc1. The Morgan fingerprint density at radius 2 is 1.52 bits per heavy atom. The van der Waals surface area contributed by atoms with Crippen LogP contribution in [-0.2, 0) is 10.0 Å². The molecule has 0 aliphatic carbocycles. The van der Waals surface area contributed by atoms with Crippen LogP contribution in [0.1, 0.15) is 5.56 Å². The maximum atomic E-state index is 12.7. The van der Waals surface area contributed by atoms with Gasteiger partial charge in [-0.25, -0.2) is 8.42 Å². The molecule has 8 heteroatoms. The van der Waals surface area contributed by atoms with Gasteiger partial charge in [-0.05, 0) is 73.2 Å². The van der Waals surface area contributed by atoms with Gasteiger partial charge in [-0.3, -0.25) is 4.72 Å². The van der Waals surface area contributed by atoms with Gasteiger partial charge in [0.1, 0.15) is 5.75 Å². The molecule has 6 nitrogen and oxygen atoms in total. The van der Waals surface area contributed by atoms with Gasteiger partial charge in [0.05, 0.1) is 17.7 Å². The van der Waals surface area contributed by atoms with Crippen LogP contribution in [0.2, 0.25) is 0 Å². The van der Waals surface area contributed by atoms with Crippen molar-refractivity contribution in [1.29, 1.82) is 0 Å². The number of sulfonamides is 1. The maximum absolute atomic E-state index is 12.7. The predicted molar refractivity (Wildman–Crippen MR) is 121 cm³/mol. The van der Waals surface area contributed by atoms with Gasteiger partial charge in [0.25, 0.3) is 10.0 Å². The van der Waals surface area contributed by atoms with Gasteiger partial charge in [-0.15, -0.1) is 0 Å². The summed E-state index contributed by atoms with van der Waals surface area (Å²) in [6, 6.07) is 21.1. The molecule has 0 aromatic heterocycles. The fourth-order valence-electron chi connectivity index (χ4n) is 2.64. The first-order chi connectivity index (χ1) is 13.9. The van der Waals surface area contributed by atoms with Crippen molar-refractivity contribution < 1.29 is 13.2 Å². The van der Waals surface area contributed by atoms with Gasteiger partial charge >= 0.3 is 0 Å². The number of hydrogen-bond acceptors (Lipinski definition) is 4. The lowest BCUT2D eigenvalue weighted by molar-refractivity contribution is 0.417. The van der Waals surface area contributed by atoms with Crippen LogP contribution in [0.5, 0.6) is 5.75 Å². The molecular weight excluding hydrogens is 406 g/mol. The number of ether oxygens (including phenoxy) is 1. The zero-order chi connectivity index (χ0) is 20.9. The van der Waals surface area contributed by atoms with Crippen LogP contribution in [0, 0.1) is 6.92 Å². The molecule has 3 aromatic rings. The molecule has 3 aromatic carbocycles. The Bertz CT molecular complexity index is 1100.